The maximum Gasteiger partial charge on any atom is 0.349 e. The first kappa shape index (κ1) is 19.9. The third-order valence-corrected chi connectivity index (χ3v) is 5.38. The summed E-state index contributed by atoms with van der Waals surface area (Å²) in [7, 11) is 0. The van der Waals surface area contributed by atoms with Gasteiger partial charge in [0.2, 0.25) is 0 Å². The lowest BCUT2D eigenvalue weighted by Crippen LogP contribution is -2.47. The van der Waals surface area contributed by atoms with Gasteiger partial charge in [-0.3, -0.25) is 9.78 Å². The number of nitrogens with zero attached hydrogens (tertiary/aromatic N) is 3. The number of quaternary nitrogens is 1. The molecule has 0 radical (unpaired) electrons. The van der Waals surface area contributed by atoms with Crippen LogP contribution in [0.15, 0.2) is 46.0 Å². The molecule has 4 rings (SSSR count). The average Bonchev–Trinajstić information content (AvgIpc) is 2.73. The van der Waals surface area contributed by atoms with Gasteiger partial charge in [-0.1, -0.05) is 24.3 Å². The van der Waals surface area contributed by atoms with Crippen LogP contribution in [0.5, 0.6) is 0 Å². The lowest BCUT2D eigenvalue weighted by atomic mass is 10.1. The first-order valence-electron chi connectivity index (χ1n) is 9.96. The zero-order chi connectivity index (χ0) is 21.3. The molecule has 0 atom stereocenters. The molecule has 0 spiro atoms. The van der Waals surface area contributed by atoms with Crippen molar-refractivity contribution in [3.63, 3.8) is 0 Å². The van der Waals surface area contributed by atoms with E-state index in [1.54, 1.807) is 0 Å². The SMILES string of the molecule is Cc1cc2nc3c(=O)[nH]c(=O)nc-3n(CCNCc3ccc(C[NH3+])cc3)c2cc1C. The van der Waals surface area contributed by atoms with Gasteiger partial charge in [0, 0.05) is 25.2 Å². The minimum atomic E-state index is -0.662. The molecule has 2 aliphatic heterocycles. The normalized spacial score (nSPS) is 11.4. The highest BCUT2D eigenvalue weighted by atomic mass is 16.2. The van der Waals surface area contributed by atoms with Crippen molar-refractivity contribution in [1.29, 1.82) is 0 Å². The van der Waals surface area contributed by atoms with E-state index in [4.69, 9.17) is 0 Å². The predicted molar refractivity (Wildman–Crippen MR) is 115 cm³/mol. The lowest BCUT2D eigenvalue weighted by molar-refractivity contribution is -0.386. The van der Waals surface area contributed by atoms with Crippen molar-refractivity contribution in [2.75, 3.05) is 6.54 Å². The Labute approximate surface area is 173 Å². The van der Waals surface area contributed by atoms with E-state index in [1.807, 2.05) is 30.5 Å². The Morgan fingerprint density at radius 2 is 1.73 bits per heavy atom. The molecule has 0 bridgehead atoms. The number of aromatic nitrogens is 4. The number of rotatable bonds is 6. The van der Waals surface area contributed by atoms with Crippen LogP contribution in [0.3, 0.4) is 0 Å². The van der Waals surface area contributed by atoms with Crippen molar-refractivity contribution in [3.8, 4) is 11.5 Å². The molecule has 154 valence electrons. The zero-order valence-electron chi connectivity index (χ0n) is 17.2. The van der Waals surface area contributed by atoms with Crippen LogP contribution in [0.1, 0.15) is 22.3 Å². The Hall–Kier alpha value is -3.36. The summed E-state index contributed by atoms with van der Waals surface area (Å²) >= 11 is 0. The van der Waals surface area contributed by atoms with Crippen LogP contribution in [0.2, 0.25) is 0 Å². The molecule has 0 amide bonds. The summed E-state index contributed by atoms with van der Waals surface area (Å²) in [5.41, 5.74) is 9.05. The van der Waals surface area contributed by atoms with Crippen LogP contribution < -0.4 is 22.3 Å². The monoisotopic (exact) mass is 405 g/mol. The molecule has 2 aromatic carbocycles. The number of nitrogens with one attached hydrogen (secondary N) is 2. The van der Waals surface area contributed by atoms with E-state index >= 15 is 0 Å². The number of aryl methyl sites for hydroxylation is 2. The van der Waals surface area contributed by atoms with Crippen LogP contribution in [-0.2, 0) is 19.6 Å². The Morgan fingerprint density at radius 3 is 2.47 bits per heavy atom. The number of hydrogen-bond donors (Lipinski definition) is 3. The summed E-state index contributed by atoms with van der Waals surface area (Å²) in [5, 5.41) is 3.42. The molecule has 2 aliphatic rings. The smallest absolute Gasteiger partial charge is 0.349 e. The van der Waals surface area contributed by atoms with Gasteiger partial charge in [-0.25, -0.2) is 9.78 Å². The molecule has 0 unspecified atom stereocenters. The third-order valence-electron chi connectivity index (χ3n) is 5.38. The summed E-state index contributed by atoms with van der Waals surface area (Å²) in [6.45, 7) is 6.73. The number of aromatic amines is 1. The second-order valence-corrected chi connectivity index (χ2v) is 7.48. The summed E-state index contributed by atoms with van der Waals surface area (Å²) in [6.07, 6.45) is 0. The molecule has 8 nitrogen and oxygen atoms in total. The third kappa shape index (κ3) is 3.87. The number of H-pyrrole nitrogens is 1. The van der Waals surface area contributed by atoms with Gasteiger partial charge in [0.15, 0.2) is 11.5 Å². The van der Waals surface area contributed by atoms with Crippen LogP contribution >= 0.6 is 0 Å². The standard InChI is InChI=1S/C22H24N6O2/c1-13-9-17-18(10-14(13)2)28(20-19(25-17)21(29)27-22(30)26-20)8-7-24-12-16-5-3-15(11-23)4-6-16/h3-6,9-10,24H,7-8,11-12,23H2,1-2H3,(H,27,29,30)/p+1. The van der Waals surface area contributed by atoms with Crippen LogP contribution in [0.25, 0.3) is 22.6 Å². The summed E-state index contributed by atoms with van der Waals surface area (Å²) < 4.78 is 1.90. The van der Waals surface area contributed by atoms with Gasteiger partial charge in [0.1, 0.15) is 0 Å². The molecule has 2 heterocycles. The molecule has 0 saturated heterocycles. The zero-order valence-corrected chi connectivity index (χ0v) is 17.2. The van der Waals surface area contributed by atoms with Crippen molar-refractivity contribution in [2.24, 2.45) is 0 Å². The Bertz CT molecular complexity index is 1290. The fraction of sp³-hybridized carbons (Fsp3) is 0.273. The highest BCUT2D eigenvalue weighted by molar-refractivity contribution is 5.81. The second-order valence-electron chi connectivity index (χ2n) is 7.48. The topological polar surface area (TPSA) is 120 Å². The Balaban J connectivity index is 1.65. The first-order chi connectivity index (χ1) is 14.5. The van der Waals surface area contributed by atoms with Crippen LogP contribution in [0, 0.1) is 13.8 Å². The second kappa shape index (κ2) is 8.17. The molecule has 0 fully saturated rings. The summed E-state index contributed by atoms with van der Waals surface area (Å²) in [6, 6.07) is 12.3. The Morgan fingerprint density at radius 1 is 1.03 bits per heavy atom. The van der Waals surface area contributed by atoms with E-state index in [9.17, 15) is 9.59 Å². The van der Waals surface area contributed by atoms with Crippen LogP contribution in [0.4, 0.5) is 0 Å². The number of fused-ring (bicyclic) bond motifs is 2. The first-order valence-corrected chi connectivity index (χ1v) is 9.96. The molecule has 8 heteroatoms. The largest absolute Gasteiger partial charge is 0.354 e. The van der Waals surface area contributed by atoms with Gasteiger partial charge in [-0.2, -0.15) is 4.98 Å². The molecule has 30 heavy (non-hydrogen) atoms. The van der Waals surface area contributed by atoms with Crippen molar-refractivity contribution in [1.82, 2.24) is 24.8 Å². The summed E-state index contributed by atoms with van der Waals surface area (Å²) in [5.74, 6) is 0.307. The molecule has 2 aromatic rings. The van der Waals surface area contributed by atoms with Crippen molar-refractivity contribution in [3.05, 3.63) is 79.5 Å². The van der Waals surface area contributed by atoms with Crippen molar-refractivity contribution < 1.29 is 5.73 Å². The molecule has 0 aliphatic carbocycles. The molecule has 5 N–H and O–H groups in total. The predicted octanol–water partition coefficient (Wildman–Crippen LogP) is 0.733. The van der Waals surface area contributed by atoms with Gasteiger partial charge >= 0.3 is 5.69 Å². The van der Waals surface area contributed by atoms with E-state index in [2.05, 4.69) is 50.3 Å². The van der Waals surface area contributed by atoms with E-state index in [1.165, 1.54) is 11.1 Å². The fourth-order valence-corrected chi connectivity index (χ4v) is 3.52. The quantitative estimate of drug-likeness (QED) is 0.323. The van der Waals surface area contributed by atoms with E-state index < -0.39 is 11.2 Å². The number of hydrogen-bond acceptors (Lipinski definition) is 5. The van der Waals surface area contributed by atoms with Gasteiger partial charge in [-0.05, 0) is 42.7 Å². The fourth-order valence-electron chi connectivity index (χ4n) is 3.52. The van der Waals surface area contributed by atoms with Gasteiger partial charge in [0.05, 0.1) is 17.6 Å². The van der Waals surface area contributed by atoms with Gasteiger partial charge in [0.25, 0.3) is 5.56 Å². The van der Waals surface area contributed by atoms with Gasteiger partial charge < -0.3 is 15.6 Å². The van der Waals surface area contributed by atoms with E-state index in [0.29, 0.717) is 24.4 Å². The average molecular weight is 405 g/mol. The molecule has 0 aromatic heterocycles. The van der Waals surface area contributed by atoms with Gasteiger partial charge in [-0.15, -0.1) is 0 Å². The molecular weight excluding hydrogens is 380 g/mol. The maximum absolute atomic E-state index is 12.3. The maximum atomic E-state index is 12.3. The lowest BCUT2D eigenvalue weighted by Gasteiger charge is -2.18. The minimum Gasteiger partial charge on any atom is -0.354 e. The summed E-state index contributed by atoms with van der Waals surface area (Å²) in [4.78, 5) is 34.9. The molecular formula is C22H25N6O2+. The highest BCUT2D eigenvalue weighted by Gasteiger charge is 2.19. The van der Waals surface area contributed by atoms with Crippen molar-refractivity contribution in [2.45, 2.75) is 33.5 Å². The van der Waals surface area contributed by atoms with Crippen molar-refractivity contribution >= 4 is 11.0 Å². The van der Waals surface area contributed by atoms with E-state index in [-0.39, 0.29) is 5.69 Å². The highest BCUT2D eigenvalue weighted by Crippen LogP contribution is 2.23. The van der Waals surface area contributed by atoms with Crippen LogP contribution in [-0.4, -0.2) is 26.1 Å². The minimum absolute atomic E-state index is 0.175. The molecule has 0 saturated carbocycles. The number of benzene rings is 2. The Kier molecular flexibility index (Phi) is 5.43. The van der Waals surface area contributed by atoms with E-state index in [0.717, 1.165) is 29.7 Å².